The number of hydrogen-bond acceptors (Lipinski definition) is 5. The topological polar surface area (TPSA) is 101 Å². The van der Waals surface area contributed by atoms with E-state index < -0.39 is 15.6 Å². The van der Waals surface area contributed by atoms with Crippen LogP contribution in [0.25, 0.3) is 22.2 Å². The Labute approximate surface area is 193 Å². The number of sulfonamides is 1. The predicted octanol–water partition coefficient (Wildman–Crippen LogP) is 4.63. The summed E-state index contributed by atoms with van der Waals surface area (Å²) >= 11 is 0. The van der Waals surface area contributed by atoms with Gasteiger partial charge >= 0.3 is 0 Å². The Hall–Kier alpha value is -3.62. The molecule has 4 rings (SSSR count). The minimum absolute atomic E-state index is 0.0762. The third-order valence-corrected chi connectivity index (χ3v) is 6.54. The van der Waals surface area contributed by atoms with Crippen molar-refractivity contribution in [3.05, 3.63) is 84.7 Å². The Morgan fingerprint density at radius 2 is 1.64 bits per heavy atom. The molecule has 4 aromatic rings. The molecule has 0 saturated carbocycles. The van der Waals surface area contributed by atoms with E-state index in [0.717, 1.165) is 5.56 Å². The van der Waals surface area contributed by atoms with Gasteiger partial charge in [-0.1, -0.05) is 24.3 Å². The molecule has 2 N–H and O–H groups in total. The van der Waals surface area contributed by atoms with Gasteiger partial charge in [-0.2, -0.15) is 0 Å². The van der Waals surface area contributed by atoms with Crippen LogP contribution in [0.15, 0.2) is 84.0 Å². The van der Waals surface area contributed by atoms with Gasteiger partial charge in [0.15, 0.2) is 0 Å². The Kier molecular flexibility index (Phi) is 5.97. The molecule has 168 valence electrons. The molecule has 2 aromatic carbocycles. The molecular formula is C25H24N4O3S. The highest BCUT2D eigenvalue weighted by Crippen LogP contribution is 2.26. The number of nitrogens with one attached hydrogen (secondary N) is 2. The third kappa shape index (κ3) is 5.24. The Morgan fingerprint density at radius 1 is 0.909 bits per heavy atom. The molecule has 0 atom stereocenters. The highest BCUT2D eigenvalue weighted by molar-refractivity contribution is 7.89. The highest BCUT2D eigenvalue weighted by atomic mass is 32.2. The summed E-state index contributed by atoms with van der Waals surface area (Å²) in [5, 5.41) is 3.53. The SMILES string of the molecule is CC(C)(C)NS(=O)(=O)c1cccc(NC(=O)c2cc(-c3ccncc3)nc3ccccc23)c1. The van der Waals surface area contributed by atoms with Crippen LogP contribution >= 0.6 is 0 Å². The van der Waals surface area contributed by atoms with E-state index in [1.165, 1.54) is 12.1 Å². The van der Waals surface area contributed by atoms with Gasteiger partial charge in [0.2, 0.25) is 10.0 Å². The van der Waals surface area contributed by atoms with E-state index in [9.17, 15) is 13.2 Å². The summed E-state index contributed by atoms with van der Waals surface area (Å²) in [4.78, 5) is 22.1. The first-order chi connectivity index (χ1) is 15.6. The molecule has 0 bridgehead atoms. The van der Waals surface area contributed by atoms with Gasteiger partial charge < -0.3 is 5.32 Å². The van der Waals surface area contributed by atoms with Crippen molar-refractivity contribution in [2.75, 3.05) is 5.32 Å². The summed E-state index contributed by atoms with van der Waals surface area (Å²) in [5.41, 5.74) is 2.36. The second kappa shape index (κ2) is 8.73. The average molecular weight is 461 g/mol. The number of carbonyl (C=O) groups excluding carboxylic acids is 1. The molecule has 0 aliphatic heterocycles. The number of nitrogens with zero attached hydrogens (tertiary/aromatic N) is 2. The van der Waals surface area contributed by atoms with Gasteiger partial charge in [0.05, 0.1) is 21.7 Å². The molecule has 0 saturated heterocycles. The fourth-order valence-corrected chi connectivity index (χ4v) is 4.90. The van der Waals surface area contributed by atoms with E-state index in [2.05, 4.69) is 20.0 Å². The van der Waals surface area contributed by atoms with Crippen LogP contribution in [0.3, 0.4) is 0 Å². The zero-order valence-corrected chi connectivity index (χ0v) is 19.3. The predicted molar refractivity (Wildman–Crippen MR) is 129 cm³/mol. The molecule has 33 heavy (non-hydrogen) atoms. The fourth-order valence-electron chi connectivity index (χ4n) is 3.44. The van der Waals surface area contributed by atoms with Crippen molar-refractivity contribution in [2.45, 2.75) is 31.2 Å². The molecule has 7 nitrogen and oxygen atoms in total. The first kappa shape index (κ1) is 22.6. The van der Waals surface area contributed by atoms with E-state index >= 15 is 0 Å². The maximum absolute atomic E-state index is 13.3. The lowest BCUT2D eigenvalue weighted by molar-refractivity contribution is 0.102. The lowest BCUT2D eigenvalue weighted by Crippen LogP contribution is -2.40. The number of amides is 1. The number of fused-ring (bicyclic) bond motifs is 1. The summed E-state index contributed by atoms with van der Waals surface area (Å²) < 4.78 is 28.0. The van der Waals surface area contributed by atoms with Gasteiger partial charge in [-0.05, 0) is 63.2 Å². The second-order valence-electron chi connectivity index (χ2n) is 8.65. The summed E-state index contributed by atoms with van der Waals surface area (Å²) in [5.74, 6) is -0.359. The number of para-hydroxylation sites is 1. The second-order valence-corrected chi connectivity index (χ2v) is 10.3. The number of aromatic nitrogens is 2. The zero-order valence-electron chi connectivity index (χ0n) is 18.5. The van der Waals surface area contributed by atoms with Crippen LogP contribution in [0, 0.1) is 0 Å². The molecule has 0 unspecified atom stereocenters. The largest absolute Gasteiger partial charge is 0.322 e. The van der Waals surface area contributed by atoms with Crippen LogP contribution < -0.4 is 10.0 Å². The molecule has 2 heterocycles. The van der Waals surface area contributed by atoms with Crippen LogP contribution in [-0.2, 0) is 10.0 Å². The lowest BCUT2D eigenvalue weighted by Gasteiger charge is -2.20. The van der Waals surface area contributed by atoms with Crippen molar-refractivity contribution in [1.82, 2.24) is 14.7 Å². The van der Waals surface area contributed by atoms with Crippen molar-refractivity contribution in [2.24, 2.45) is 0 Å². The number of anilines is 1. The van der Waals surface area contributed by atoms with E-state index in [0.29, 0.717) is 27.8 Å². The fraction of sp³-hybridized carbons (Fsp3) is 0.160. The molecule has 0 aliphatic carbocycles. The Balaban J connectivity index is 1.70. The van der Waals surface area contributed by atoms with Crippen molar-refractivity contribution < 1.29 is 13.2 Å². The summed E-state index contributed by atoms with van der Waals surface area (Å²) in [6.07, 6.45) is 3.34. The van der Waals surface area contributed by atoms with Crippen molar-refractivity contribution in [1.29, 1.82) is 0 Å². The van der Waals surface area contributed by atoms with Crippen molar-refractivity contribution in [3.8, 4) is 11.3 Å². The molecule has 1 amide bonds. The minimum Gasteiger partial charge on any atom is -0.322 e. The maximum atomic E-state index is 13.3. The minimum atomic E-state index is -3.74. The van der Waals surface area contributed by atoms with Crippen LogP contribution in [0.5, 0.6) is 0 Å². The first-order valence-electron chi connectivity index (χ1n) is 10.4. The van der Waals surface area contributed by atoms with Gasteiger partial charge in [-0.15, -0.1) is 0 Å². The zero-order chi connectivity index (χ0) is 23.6. The van der Waals surface area contributed by atoms with E-state index in [1.54, 1.807) is 51.4 Å². The first-order valence-corrected chi connectivity index (χ1v) is 11.9. The lowest BCUT2D eigenvalue weighted by atomic mass is 10.0. The molecule has 2 aromatic heterocycles. The monoisotopic (exact) mass is 460 g/mol. The Morgan fingerprint density at radius 3 is 2.36 bits per heavy atom. The molecule has 0 fully saturated rings. The molecule has 8 heteroatoms. The number of rotatable bonds is 5. The maximum Gasteiger partial charge on any atom is 0.256 e. The van der Waals surface area contributed by atoms with Gasteiger partial charge in [-0.25, -0.2) is 18.1 Å². The molecule has 0 aliphatic rings. The van der Waals surface area contributed by atoms with Gasteiger partial charge in [0.25, 0.3) is 5.91 Å². The Bertz CT molecular complexity index is 1430. The van der Waals surface area contributed by atoms with Crippen molar-refractivity contribution >= 4 is 32.5 Å². The highest BCUT2D eigenvalue weighted by Gasteiger charge is 2.22. The van der Waals surface area contributed by atoms with E-state index in [1.807, 2.05) is 36.4 Å². The molecule has 0 spiro atoms. The van der Waals surface area contributed by atoms with Crippen LogP contribution in [-0.4, -0.2) is 29.8 Å². The van der Waals surface area contributed by atoms with Gasteiger partial charge in [-0.3, -0.25) is 9.78 Å². The molecular weight excluding hydrogens is 436 g/mol. The van der Waals surface area contributed by atoms with E-state index in [4.69, 9.17) is 0 Å². The van der Waals surface area contributed by atoms with Crippen LogP contribution in [0.1, 0.15) is 31.1 Å². The summed E-state index contributed by atoms with van der Waals surface area (Å²) in [6.45, 7) is 5.31. The summed E-state index contributed by atoms with van der Waals surface area (Å²) in [6, 6.07) is 19.0. The average Bonchev–Trinajstić information content (AvgIpc) is 2.77. The standard InChI is InChI=1S/C25H24N4O3S/c1-25(2,3)29-33(31,32)19-8-6-7-18(15-19)27-24(30)21-16-23(17-11-13-26-14-12-17)28-22-10-5-4-9-20(21)22/h4-16,29H,1-3H3,(H,27,30). The number of hydrogen-bond donors (Lipinski definition) is 2. The van der Waals surface area contributed by atoms with Crippen LogP contribution in [0.4, 0.5) is 5.69 Å². The summed E-state index contributed by atoms with van der Waals surface area (Å²) in [7, 11) is -3.74. The smallest absolute Gasteiger partial charge is 0.256 e. The normalized spacial score (nSPS) is 12.0. The molecule has 0 radical (unpaired) electrons. The van der Waals surface area contributed by atoms with Crippen LogP contribution in [0.2, 0.25) is 0 Å². The number of carbonyl (C=O) groups is 1. The third-order valence-electron chi connectivity index (χ3n) is 4.78. The number of benzene rings is 2. The van der Waals surface area contributed by atoms with Gasteiger partial charge in [0, 0.05) is 34.6 Å². The quantitative estimate of drug-likeness (QED) is 0.452. The van der Waals surface area contributed by atoms with E-state index in [-0.39, 0.29) is 10.8 Å². The van der Waals surface area contributed by atoms with Gasteiger partial charge in [0.1, 0.15) is 0 Å². The van der Waals surface area contributed by atoms with Crippen molar-refractivity contribution in [3.63, 3.8) is 0 Å². The number of pyridine rings is 2.